The number of imide groups is 2. The van der Waals surface area contributed by atoms with E-state index in [1.807, 2.05) is 19.1 Å². The number of hydrogen-bond donors (Lipinski definition) is 0. The summed E-state index contributed by atoms with van der Waals surface area (Å²) in [5.41, 5.74) is 1.05. The van der Waals surface area contributed by atoms with Gasteiger partial charge in [-0.2, -0.15) is 0 Å². The van der Waals surface area contributed by atoms with E-state index >= 15 is 0 Å². The Hall–Kier alpha value is -2.76. The smallest absolute Gasteiger partial charge is 0.238 e. The van der Waals surface area contributed by atoms with E-state index in [1.165, 1.54) is 9.80 Å². The van der Waals surface area contributed by atoms with Gasteiger partial charge < -0.3 is 0 Å². The van der Waals surface area contributed by atoms with Gasteiger partial charge in [0.2, 0.25) is 23.6 Å². The molecule has 2 saturated carbocycles. The van der Waals surface area contributed by atoms with E-state index in [-0.39, 0.29) is 53.2 Å². The van der Waals surface area contributed by atoms with Crippen molar-refractivity contribution in [2.24, 2.45) is 41.4 Å². The van der Waals surface area contributed by atoms with Crippen LogP contribution in [0.1, 0.15) is 32.6 Å². The average Bonchev–Trinajstić information content (AvgIpc) is 3.47. The molecule has 7 atom stereocenters. The van der Waals surface area contributed by atoms with E-state index in [1.54, 1.807) is 24.3 Å². The first-order valence-corrected chi connectivity index (χ1v) is 11.0. The van der Waals surface area contributed by atoms with Crippen molar-refractivity contribution < 1.29 is 19.2 Å². The van der Waals surface area contributed by atoms with Gasteiger partial charge in [-0.25, -0.2) is 0 Å². The highest BCUT2D eigenvalue weighted by Crippen LogP contribution is 2.56. The van der Waals surface area contributed by atoms with Gasteiger partial charge in [0.1, 0.15) is 0 Å². The van der Waals surface area contributed by atoms with Gasteiger partial charge in [-0.1, -0.05) is 19.1 Å². The molecule has 4 amide bonds. The van der Waals surface area contributed by atoms with Gasteiger partial charge in [-0.05, 0) is 67.7 Å². The lowest BCUT2D eigenvalue weighted by Gasteiger charge is -2.22. The molecular formula is C24H24N2O4. The maximum Gasteiger partial charge on any atom is 0.238 e. The van der Waals surface area contributed by atoms with Gasteiger partial charge in [-0.3, -0.25) is 29.0 Å². The monoisotopic (exact) mass is 404 g/mol. The Kier molecular flexibility index (Phi) is 3.68. The summed E-state index contributed by atoms with van der Waals surface area (Å²) in [6.45, 7) is 1.97. The zero-order valence-corrected chi connectivity index (χ0v) is 16.9. The van der Waals surface area contributed by atoms with E-state index in [4.69, 9.17) is 0 Å². The van der Waals surface area contributed by atoms with Crippen LogP contribution in [0.15, 0.2) is 36.4 Å². The summed E-state index contributed by atoms with van der Waals surface area (Å²) in [7, 11) is 0. The minimum Gasteiger partial charge on any atom is -0.274 e. The quantitative estimate of drug-likeness (QED) is 0.561. The van der Waals surface area contributed by atoms with Gasteiger partial charge >= 0.3 is 0 Å². The van der Waals surface area contributed by atoms with E-state index in [0.29, 0.717) is 29.6 Å². The van der Waals surface area contributed by atoms with Crippen LogP contribution in [0.3, 0.4) is 0 Å². The molecule has 4 fully saturated rings. The number of fused-ring (bicyclic) bond motifs is 6. The summed E-state index contributed by atoms with van der Waals surface area (Å²) in [5.74, 6) is -0.661. The zero-order valence-electron chi connectivity index (χ0n) is 16.9. The standard InChI is InChI=1S/C24H24N2O4/c1-12-3-2-4-17-18(12)22(28)25(21(17)27)15-7-9-16(10-8-15)26-23(29)19-13-5-6-14(11-13)20(19)24(26)30/h2-3,7-10,12-14,17-20H,4-6,11H2,1H3/t12-,13+,14+,17+,18+,19-,20+/m1/s1. The molecule has 2 bridgehead atoms. The molecule has 5 aliphatic rings. The fourth-order valence-corrected chi connectivity index (χ4v) is 6.82. The minimum atomic E-state index is -0.307. The van der Waals surface area contributed by atoms with E-state index in [9.17, 15) is 19.2 Å². The van der Waals surface area contributed by atoms with Crippen LogP contribution in [-0.2, 0) is 19.2 Å². The van der Waals surface area contributed by atoms with Gasteiger partial charge in [0.25, 0.3) is 0 Å². The minimum absolute atomic E-state index is 0.0408. The highest BCUT2D eigenvalue weighted by atomic mass is 16.2. The second-order valence-electron chi connectivity index (χ2n) is 9.58. The number of anilines is 2. The van der Waals surface area contributed by atoms with Crippen molar-refractivity contribution >= 4 is 35.0 Å². The number of rotatable bonds is 2. The fraction of sp³-hybridized carbons (Fsp3) is 0.500. The average molecular weight is 404 g/mol. The van der Waals surface area contributed by atoms with Crippen molar-refractivity contribution in [3.63, 3.8) is 0 Å². The van der Waals surface area contributed by atoms with Crippen LogP contribution in [0.4, 0.5) is 11.4 Å². The Morgan fingerprint density at radius 1 is 0.733 bits per heavy atom. The predicted octanol–water partition coefficient (Wildman–Crippen LogP) is 2.92. The molecule has 0 radical (unpaired) electrons. The molecular weight excluding hydrogens is 380 g/mol. The number of amides is 4. The first-order chi connectivity index (χ1) is 14.5. The SMILES string of the molecule is C[C@@H]1C=CC[C@@H]2C(=O)N(c3ccc(N4C(=O)[C@@H]5[C@H]6CC[C@@H](C6)[C@@H]5C4=O)cc3)C(=O)[C@@H]12. The summed E-state index contributed by atoms with van der Waals surface area (Å²) >= 11 is 0. The lowest BCUT2D eigenvalue weighted by molar-refractivity contribution is -0.124. The zero-order chi connectivity index (χ0) is 20.7. The topological polar surface area (TPSA) is 74.8 Å². The first-order valence-electron chi connectivity index (χ1n) is 11.0. The van der Waals surface area contributed by atoms with Crippen molar-refractivity contribution in [3.8, 4) is 0 Å². The Labute approximate surface area is 174 Å². The van der Waals surface area contributed by atoms with Crippen LogP contribution in [0, 0.1) is 41.4 Å². The number of carbonyl (C=O) groups excluding carboxylic acids is 4. The Bertz CT molecular complexity index is 964. The summed E-state index contributed by atoms with van der Waals surface area (Å²) in [5, 5.41) is 0. The van der Waals surface area contributed by atoms with Crippen molar-refractivity contribution in [1.82, 2.24) is 0 Å². The molecule has 0 N–H and O–H groups in total. The van der Waals surface area contributed by atoms with Crippen LogP contribution in [0.25, 0.3) is 0 Å². The van der Waals surface area contributed by atoms with Crippen molar-refractivity contribution in [1.29, 1.82) is 0 Å². The maximum absolute atomic E-state index is 13.0. The van der Waals surface area contributed by atoms with Crippen LogP contribution in [0.2, 0.25) is 0 Å². The van der Waals surface area contributed by atoms with Gasteiger partial charge in [-0.15, -0.1) is 0 Å². The number of benzene rings is 1. The van der Waals surface area contributed by atoms with E-state index < -0.39 is 0 Å². The van der Waals surface area contributed by atoms with Gasteiger partial charge in [0.15, 0.2) is 0 Å². The maximum atomic E-state index is 13.0. The molecule has 6 rings (SSSR count). The largest absolute Gasteiger partial charge is 0.274 e. The lowest BCUT2D eigenvalue weighted by Crippen LogP contribution is -2.33. The normalized spacial score (nSPS) is 39.3. The molecule has 30 heavy (non-hydrogen) atoms. The third-order valence-corrected chi connectivity index (χ3v) is 8.17. The fourth-order valence-electron chi connectivity index (χ4n) is 6.82. The Morgan fingerprint density at radius 2 is 1.23 bits per heavy atom. The van der Waals surface area contributed by atoms with E-state index in [2.05, 4.69) is 0 Å². The van der Waals surface area contributed by atoms with Crippen molar-refractivity contribution in [2.75, 3.05) is 9.80 Å². The molecule has 2 aliphatic heterocycles. The van der Waals surface area contributed by atoms with Crippen LogP contribution >= 0.6 is 0 Å². The Morgan fingerprint density at radius 3 is 1.77 bits per heavy atom. The summed E-state index contributed by atoms with van der Waals surface area (Å²) in [6, 6.07) is 6.75. The summed E-state index contributed by atoms with van der Waals surface area (Å²) in [4.78, 5) is 54.5. The third-order valence-electron chi connectivity index (χ3n) is 8.17. The van der Waals surface area contributed by atoms with Crippen molar-refractivity contribution in [2.45, 2.75) is 32.6 Å². The highest BCUT2D eigenvalue weighted by Gasteiger charge is 2.61. The molecule has 1 aromatic rings. The molecule has 0 unspecified atom stereocenters. The van der Waals surface area contributed by atoms with Gasteiger partial charge in [0.05, 0.1) is 35.0 Å². The molecule has 1 aromatic carbocycles. The predicted molar refractivity (Wildman–Crippen MR) is 109 cm³/mol. The molecule has 6 nitrogen and oxygen atoms in total. The molecule has 0 spiro atoms. The Balaban J connectivity index is 1.28. The first kappa shape index (κ1) is 18.0. The lowest BCUT2D eigenvalue weighted by atomic mass is 9.78. The second-order valence-corrected chi connectivity index (χ2v) is 9.58. The molecule has 0 aromatic heterocycles. The second kappa shape index (κ2) is 6.13. The highest BCUT2D eigenvalue weighted by molar-refractivity contribution is 6.24. The van der Waals surface area contributed by atoms with Crippen molar-refractivity contribution in [3.05, 3.63) is 36.4 Å². The van der Waals surface area contributed by atoms with Crippen LogP contribution < -0.4 is 9.80 Å². The molecule has 2 heterocycles. The number of hydrogen-bond acceptors (Lipinski definition) is 4. The molecule has 154 valence electrons. The summed E-state index contributed by atoms with van der Waals surface area (Å²) < 4.78 is 0. The molecule has 3 aliphatic carbocycles. The molecule has 2 saturated heterocycles. The number of nitrogens with zero attached hydrogens (tertiary/aromatic N) is 2. The van der Waals surface area contributed by atoms with Crippen LogP contribution in [0.5, 0.6) is 0 Å². The van der Waals surface area contributed by atoms with Gasteiger partial charge in [0, 0.05) is 0 Å². The van der Waals surface area contributed by atoms with E-state index in [0.717, 1.165) is 19.3 Å². The van der Waals surface area contributed by atoms with Crippen LogP contribution in [-0.4, -0.2) is 23.6 Å². The number of carbonyl (C=O) groups is 4. The third kappa shape index (κ3) is 2.19. The number of allylic oxidation sites excluding steroid dienone is 2. The molecule has 6 heteroatoms. The summed E-state index contributed by atoms with van der Waals surface area (Å²) in [6.07, 6.45) is 7.69.